The quantitative estimate of drug-likeness (QED) is 0.544. The number of hydrogen-bond acceptors (Lipinski definition) is 4. The third-order valence-corrected chi connectivity index (χ3v) is 6.20. The van der Waals surface area contributed by atoms with Crippen LogP contribution in [0.4, 0.5) is 0 Å². The van der Waals surface area contributed by atoms with Crippen LogP contribution in [0.1, 0.15) is 40.0 Å². The van der Waals surface area contributed by atoms with Crippen LogP contribution in [0.25, 0.3) is 0 Å². The van der Waals surface area contributed by atoms with Crippen LogP contribution in [0.5, 0.6) is 0 Å². The number of aryl methyl sites for hydroxylation is 1. The van der Waals surface area contributed by atoms with Gasteiger partial charge in [0.25, 0.3) is 0 Å². The van der Waals surface area contributed by atoms with E-state index in [2.05, 4.69) is 4.72 Å². The topological polar surface area (TPSA) is 72.5 Å². The van der Waals surface area contributed by atoms with Crippen LogP contribution in [-0.2, 0) is 21.2 Å². The SMILES string of the molecule is CCOC(=O)c1cccc(CC(NS(=O)(=O)c2ccc(C)cc2)c2ccccc2)c1. The molecule has 3 aromatic carbocycles. The number of ether oxygens (including phenoxy) is 1. The fraction of sp³-hybridized carbons (Fsp3) is 0.208. The van der Waals surface area contributed by atoms with Gasteiger partial charge in [0.15, 0.2) is 0 Å². The summed E-state index contributed by atoms with van der Waals surface area (Å²) in [5.74, 6) is -0.393. The van der Waals surface area contributed by atoms with Gasteiger partial charge in [-0.25, -0.2) is 17.9 Å². The number of sulfonamides is 1. The zero-order valence-corrected chi connectivity index (χ0v) is 17.9. The molecule has 30 heavy (non-hydrogen) atoms. The van der Waals surface area contributed by atoms with Crippen LogP contribution >= 0.6 is 0 Å². The molecule has 6 heteroatoms. The van der Waals surface area contributed by atoms with Gasteiger partial charge in [0.1, 0.15) is 0 Å². The monoisotopic (exact) mass is 423 g/mol. The average Bonchev–Trinajstić information content (AvgIpc) is 2.74. The summed E-state index contributed by atoms with van der Waals surface area (Å²) < 4.78 is 33.9. The number of esters is 1. The van der Waals surface area contributed by atoms with E-state index in [0.717, 1.165) is 16.7 Å². The molecule has 5 nitrogen and oxygen atoms in total. The zero-order valence-electron chi connectivity index (χ0n) is 17.0. The van der Waals surface area contributed by atoms with E-state index >= 15 is 0 Å². The zero-order chi connectivity index (χ0) is 21.6. The van der Waals surface area contributed by atoms with Gasteiger partial charge in [0.2, 0.25) is 10.0 Å². The van der Waals surface area contributed by atoms with Crippen molar-refractivity contribution < 1.29 is 17.9 Å². The molecule has 0 aliphatic heterocycles. The largest absolute Gasteiger partial charge is 0.462 e. The molecule has 3 aromatic rings. The van der Waals surface area contributed by atoms with Gasteiger partial charge >= 0.3 is 5.97 Å². The molecule has 0 fully saturated rings. The van der Waals surface area contributed by atoms with Crippen molar-refractivity contribution in [2.24, 2.45) is 0 Å². The average molecular weight is 424 g/mol. The summed E-state index contributed by atoms with van der Waals surface area (Å²) in [7, 11) is -3.72. The van der Waals surface area contributed by atoms with E-state index in [-0.39, 0.29) is 4.90 Å². The Morgan fingerprint density at radius 1 is 0.967 bits per heavy atom. The lowest BCUT2D eigenvalue weighted by molar-refractivity contribution is 0.0526. The van der Waals surface area contributed by atoms with Crippen LogP contribution < -0.4 is 4.72 Å². The van der Waals surface area contributed by atoms with Crippen LogP contribution in [0.3, 0.4) is 0 Å². The summed E-state index contributed by atoms with van der Waals surface area (Å²) in [4.78, 5) is 12.3. The van der Waals surface area contributed by atoms with Crippen LogP contribution in [-0.4, -0.2) is 21.0 Å². The normalized spacial score (nSPS) is 12.3. The van der Waals surface area contributed by atoms with E-state index < -0.39 is 22.0 Å². The van der Waals surface area contributed by atoms with E-state index in [1.54, 1.807) is 49.4 Å². The third-order valence-electron chi connectivity index (χ3n) is 4.71. The molecule has 156 valence electrons. The second-order valence-corrected chi connectivity index (χ2v) is 8.74. The van der Waals surface area contributed by atoms with Gasteiger partial charge in [0, 0.05) is 0 Å². The van der Waals surface area contributed by atoms with E-state index in [9.17, 15) is 13.2 Å². The molecule has 0 aliphatic carbocycles. The summed E-state index contributed by atoms with van der Waals surface area (Å²) >= 11 is 0. The van der Waals surface area contributed by atoms with Crippen molar-refractivity contribution >= 4 is 16.0 Å². The maximum atomic E-state index is 13.0. The van der Waals surface area contributed by atoms with Crippen molar-refractivity contribution in [3.63, 3.8) is 0 Å². The molecule has 0 saturated heterocycles. The fourth-order valence-corrected chi connectivity index (χ4v) is 4.39. The second kappa shape index (κ2) is 9.69. The number of carbonyl (C=O) groups excluding carboxylic acids is 1. The maximum Gasteiger partial charge on any atom is 0.338 e. The summed E-state index contributed by atoms with van der Waals surface area (Å²) in [5.41, 5.74) is 3.11. The van der Waals surface area contributed by atoms with E-state index in [0.29, 0.717) is 18.6 Å². The molecule has 0 spiro atoms. The minimum Gasteiger partial charge on any atom is -0.462 e. The van der Waals surface area contributed by atoms with Crippen molar-refractivity contribution in [2.45, 2.75) is 31.2 Å². The number of nitrogens with one attached hydrogen (secondary N) is 1. The molecule has 0 bridgehead atoms. The van der Waals surface area contributed by atoms with Gasteiger partial charge in [-0.05, 0) is 55.7 Å². The molecule has 3 rings (SSSR count). The van der Waals surface area contributed by atoms with Crippen LogP contribution in [0, 0.1) is 6.92 Å². The molecule has 0 aliphatic rings. The summed E-state index contributed by atoms with van der Waals surface area (Å²) in [5, 5.41) is 0. The first kappa shape index (κ1) is 21.7. The molecule has 1 N–H and O–H groups in total. The fourth-order valence-electron chi connectivity index (χ4n) is 3.16. The van der Waals surface area contributed by atoms with E-state index in [1.165, 1.54) is 0 Å². The summed E-state index contributed by atoms with van der Waals surface area (Å²) in [6.07, 6.45) is 0.391. The molecule has 1 atom stereocenters. The predicted octanol–water partition coefficient (Wildman–Crippen LogP) is 4.43. The predicted molar refractivity (Wildman–Crippen MR) is 117 cm³/mol. The first-order valence-electron chi connectivity index (χ1n) is 9.79. The Hall–Kier alpha value is -2.96. The van der Waals surface area contributed by atoms with Gasteiger partial charge in [0.05, 0.1) is 23.1 Å². The minimum atomic E-state index is -3.72. The Bertz CT molecular complexity index is 1090. The van der Waals surface area contributed by atoms with Crippen molar-refractivity contribution in [1.29, 1.82) is 0 Å². The Labute approximate surface area is 177 Å². The Morgan fingerprint density at radius 3 is 2.33 bits per heavy atom. The summed E-state index contributed by atoms with van der Waals surface area (Å²) in [6, 6.07) is 22.7. The van der Waals surface area contributed by atoms with Crippen molar-refractivity contribution in [2.75, 3.05) is 6.61 Å². The standard InChI is InChI=1S/C24H25NO4S/c1-3-29-24(26)21-11-7-8-19(16-21)17-23(20-9-5-4-6-10-20)25-30(27,28)22-14-12-18(2)13-15-22/h4-16,23,25H,3,17H2,1-2H3. The molecule has 1 unspecified atom stereocenters. The highest BCUT2D eigenvalue weighted by atomic mass is 32.2. The highest BCUT2D eigenvalue weighted by Crippen LogP contribution is 2.22. The minimum absolute atomic E-state index is 0.217. The maximum absolute atomic E-state index is 13.0. The number of carbonyl (C=O) groups is 1. The smallest absolute Gasteiger partial charge is 0.338 e. The van der Waals surface area contributed by atoms with Crippen molar-refractivity contribution in [3.05, 3.63) is 101 Å². The molecule has 0 saturated carbocycles. The van der Waals surface area contributed by atoms with Gasteiger partial charge in [-0.15, -0.1) is 0 Å². The van der Waals surface area contributed by atoms with Crippen LogP contribution in [0.15, 0.2) is 83.8 Å². The lowest BCUT2D eigenvalue weighted by Gasteiger charge is -2.20. The lowest BCUT2D eigenvalue weighted by Crippen LogP contribution is -2.30. The Morgan fingerprint density at radius 2 is 1.67 bits per heavy atom. The molecule has 0 radical (unpaired) electrons. The highest BCUT2D eigenvalue weighted by Gasteiger charge is 2.22. The van der Waals surface area contributed by atoms with Gasteiger partial charge in [-0.2, -0.15) is 0 Å². The Balaban J connectivity index is 1.90. The van der Waals surface area contributed by atoms with Crippen molar-refractivity contribution in [1.82, 2.24) is 4.72 Å². The number of rotatable bonds is 8. The number of benzene rings is 3. The van der Waals surface area contributed by atoms with E-state index in [4.69, 9.17) is 4.74 Å². The first-order chi connectivity index (χ1) is 14.4. The third kappa shape index (κ3) is 5.55. The molecule has 0 amide bonds. The molecule has 0 heterocycles. The van der Waals surface area contributed by atoms with Gasteiger partial charge < -0.3 is 4.74 Å². The van der Waals surface area contributed by atoms with Gasteiger partial charge in [-0.3, -0.25) is 0 Å². The van der Waals surface area contributed by atoms with Crippen LogP contribution in [0.2, 0.25) is 0 Å². The highest BCUT2D eigenvalue weighted by molar-refractivity contribution is 7.89. The van der Waals surface area contributed by atoms with Gasteiger partial charge in [-0.1, -0.05) is 60.2 Å². The van der Waals surface area contributed by atoms with Crippen molar-refractivity contribution in [3.8, 4) is 0 Å². The second-order valence-electron chi connectivity index (χ2n) is 7.02. The molecule has 0 aromatic heterocycles. The van der Waals surface area contributed by atoms with E-state index in [1.807, 2.05) is 43.3 Å². The first-order valence-corrected chi connectivity index (χ1v) is 11.3. The number of hydrogen-bond donors (Lipinski definition) is 1. The summed E-state index contributed by atoms with van der Waals surface area (Å²) in [6.45, 7) is 3.96. The lowest BCUT2D eigenvalue weighted by atomic mass is 9.98. The molecular weight excluding hydrogens is 398 g/mol. The molecular formula is C24H25NO4S. The Kier molecular flexibility index (Phi) is 7.03.